The summed E-state index contributed by atoms with van der Waals surface area (Å²) in [4.78, 5) is 13.4. The highest BCUT2D eigenvalue weighted by atomic mass is 32.2. The van der Waals surface area contributed by atoms with Crippen molar-refractivity contribution in [3.05, 3.63) is 95.3 Å². The SMILES string of the molecule is Cc1ccc(NC(=O)[C@@H]2Sc3nnc(-c4ccccc4)n3N[C@H]2c2ccc(F)cc2)cc1C. The van der Waals surface area contributed by atoms with Crippen LogP contribution in [0.1, 0.15) is 22.7 Å². The van der Waals surface area contributed by atoms with Gasteiger partial charge in [-0.05, 0) is 54.8 Å². The van der Waals surface area contributed by atoms with Gasteiger partial charge in [-0.15, -0.1) is 10.2 Å². The Morgan fingerprint density at radius 2 is 1.76 bits per heavy atom. The number of hydrogen-bond acceptors (Lipinski definition) is 5. The fraction of sp³-hybridized carbons (Fsp3) is 0.160. The average molecular weight is 460 g/mol. The third kappa shape index (κ3) is 4.21. The van der Waals surface area contributed by atoms with E-state index in [2.05, 4.69) is 20.9 Å². The van der Waals surface area contributed by atoms with Gasteiger partial charge in [-0.3, -0.25) is 4.79 Å². The van der Waals surface area contributed by atoms with Crippen molar-refractivity contribution in [3.63, 3.8) is 0 Å². The summed E-state index contributed by atoms with van der Waals surface area (Å²) in [5.41, 5.74) is 8.10. The molecule has 0 saturated carbocycles. The van der Waals surface area contributed by atoms with Gasteiger partial charge >= 0.3 is 0 Å². The maximum atomic E-state index is 13.6. The van der Waals surface area contributed by atoms with E-state index >= 15 is 0 Å². The number of carbonyl (C=O) groups is 1. The maximum Gasteiger partial charge on any atom is 0.240 e. The Morgan fingerprint density at radius 1 is 1.00 bits per heavy atom. The molecular formula is C25H22FN5OS. The molecule has 0 saturated heterocycles. The molecule has 1 aromatic heterocycles. The Hall–Kier alpha value is -3.65. The zero-order valence-corrected chi connectivity index (χ0v) is 18.9. The molecule has 0 unspecified atom stereocenters. The van der Waals surface area contributed by atoms with Gasteiger partial charge in [0.05, 0.1) is 6.04 Å². The molecule has 1 aliphatic rings. The van der Waals surface area contributed by atoms with Crippen molar-refractivity contribution < 1.29 is 9.18 Å². The number of aromatic nitrogens is 3. The molecule has 8 heteroatoms. The number of fused-ring (bicyclic) bond motifs is 1. The van der Waals surface area contributed by atoms with Crippen LogP contribution < -0.4 is 10.7 Å². The quantitative estimate of drug-likeness (QED) is 0.444. The number of thioether (sulfide) groups is 1. The third-order valence-electron chi connectivity index (χ3n) is 5.73. The smallest absolute Gasteiger partial charge is 0.240 e. The van der Waals surface area contributed by atoms with E-state index in [0.717, 1.165) is 27.9 Å². The minimum absolute atomic E-state index is 0.166. The summed E-state index contributed by atoms with van der Waals surface area (Å²) in [5.74, 6) is 0.159. The van der Waals surface area contributed by atoms with E-state index in [-0.39, 0.29) is 11.7 Å². The lowest BCUT2D eigenvalue weighted by Gasteiger charge is -2.33. The molecule has 0 aliphatic carbocycles. The summed E-state index contributed by atoms with van der Waals surface area (Å²) in [6.07, 6.45) is 0. The second-order valence-electron chi connectivity index (χ2n) is 7.99. The molecule has 2 heterocycles. The van der Waals surface area contributed by atoms with Crippen molar-refractivity contribution in [2.45, 2.75) is 30.3 Å². The second kappa shape index (κ2) is 8.71. The molecule has 4 aromatic rings. The average Bonchev–Trinajstić information content (AvgIpc) is 3.25. The van der Waals surface area contributed by atoms with E-state index in [4.69, 9.17) is 0 Å². The molecule has 3 aromatic carbocycles. The summed E-state index contributed by atoms with van der Waals surface area (Å²) in [5, 5.41) is 11.7. The molecule has 166 valence electrons. The lowest BCUT2D eigenvalue weighted by molar-refractivity contribution is -0.116. The third-order valence-corrected chi connectivity index (χ3v) is 6.95. The topological polar surface area (TPSA) is 71.8 Å². The zero-order chi connectivity index (χ0) is 22.9. The van der Waals surface area contributed by atoms with Crippen molar-refractivity contribution in [3.8, 4) is 11.4 Å². The van der Waals surface area contributed by atoms with Crippen LogP contribution in [0.3, 0.4) is 0 Å². The molecule has 0 bridgehead atoms. The van der Waals surface area contributed by atoms with E-state index in [0.29, 0.717) is 11.0 Å². The molecular weight excluding hydrogens is 437 g/mol. The van der Waals surface area contributed by atoms with Crippen molar-refractivity contribution in [1.29, 1.82) is 0 Å². The number of halogens is 1. The largest absolute Gasteiger partial charge is 0.325 e. The number of aryl methyl sites for hydroxylation is 2. The number of amides is 1. The van der Waals surface area contributed by atoms with Crippen LogP contribution in [0.4, 0.5) is 10.1 Å². The number of nitrogens with one attached hydrogen (secondary N) is 2. The fourth-order valence-corrected chi connectivity index (χ4v) is 4.86. The first kappa shape index (κ1) is 21.2. The normalized spacial score (nSPS) is 17.2. The van der Waals surface area contributed by atoms with Gasteiger partial charge in [0.15, 0.2) is 5.82 Å². The monoisotopic (exact) mass is 459 g/mol. The maximum absolute atomic E-state index is 13.6. The summed E-state index contributed by atoms with van der Waals surface area (Å²) >= 11 is 1.34. The molecule has 0 fully saturated rings. The molecule has 33 heavy (non-hydrogen) atoms. The van der Waals surface area contributed by atoms with Crippen LogP contribution in [0.2, 0.25) is 0 Å². The highest BCUT2D eigenvalue weighted by Crippen LogP contribution is 2.39. The number of anilines is 1. The Labute approximate surface area is 195 Å². The Morgan fingerprint density at radius 3 is 2.48 bits per heavy atom. The lowest BCUT2D eigenvalue weighted by atomic mass is 10.0. The molecule has 6 nitrogen and oxygen atoms in total. The number of nitrogens with zero attached hydrogens (tertiary/aromatic N) is 3. The van der Waals surface area contributed by atoms with E-state index in [1.165, 1.54) is 23.9 Å². The van der Waals surface area contributed by atoms with Crippen LogP contribution in [0, 0.1) is 19.7 Å². The predicted molar refractivity (Wildman–Crippen MR) is 128 cm³/mol. The standard InChI is InChI=1S/C25H22FN5OS/c1-15-8-13-20(14-16(15)2)27-24(32)22-21(17-9-11-19(26)12-10-17)30-31-23(28-29-25(31)33-22)18-6-4-3-5-7-18/h3-14,21-22,30H,1-2H3,(H,27,32)/t21-,22+/m0/s1. The highest BCUT2D eigenvalue weighted by Gasteiger charge is 2.38. The van der Waals surface area contributed by atoms with E-state index in [9.17, 15) is 9.18 Å². The number of benzene rings is 3. The van der Waals surface area contributed by atoms with E-state index < -0.39 is 11.3 Å². The summed E-state index contributed by atoms with van der Waals surface area (Å²) in [6, 6.07) is 21.3. The summed E-state index contributed by atoms with van der Waals surface area (Å²) in [6.45, 7) is 4.04. The van der Waals surface area contributed by atoms with Gasteiger partial charge in [0.2, 0.25) is 11.1 Å². The first-order valence-electron chi connectivity index (χ1n) is 10.6. The molecule has 0 spiro atoms. The zero-order valence-electron chi connectivity index (χ0n) is 18.1. The van der Waals surface area contributed by atoms with Gasteiger partial charge in [0.1, 0.15) is 11.1 Å². The highest BCUT2D eigenvalue weighted by molar-refractivity contribution is 8.00. The fourth-order valence-electron chi connectivity index (χ4n) is 3.78. The van der Waals surface area contributed by atoms with Crippen molar-refractivity contribution in [2.75, 3.05) is 10.7 Å². The van der Waals surface area contributed by atoms with Crippen LogP contribution in [-0.2, 0) is 4.79 Å². The lowest BCUT2D eigenvalue weighted by Crippen LogP contribution is -2.41. The van der Waals surface area contributed by atoms with E-state index in [1.807, 2.05) is 62.4 Å². The van der Waals surface area contributed by atoms with Crippen LogP contribution >= 0.6 is 11.8 Å². The van der Waals surface area contributed by atoms with Crippen LogP contribution in [0.15, 0.2) is 78.0 Å². The molecule has 0 radical (unpaired) electrons. The minimum atomic E-state index is -0.544. The molecule has 2 atom stereocenters. The molecule has 1 amide bonds. The van der Waals surface area contributed by atoms with Crippen LogP contribution in [0.25, 0.3) is 11.4 Å². The second-order valence-corrected chi connectivity index (χ2v) is 9.10. The molecule has 5 rings (SSSR count). The first-order valence-corrected chi connectivity index (χ1v) is 11.5. The predicted octanol–water partition coefficient (Wildman–Crippen LogP) is 5.10. The first-order chi connectivity index (χ1) is 16.0. The number of rotatable bonds is 4. The number of hydrogen-bond donors (Lipinski definition) is 2. The minimum Gasteiger partial charge on any atom is -0.325 e. The van der Waals surface area contributed by atoms with Gasteiger partial charge in [-0.25, -0.2) is 9.07 Å². The van der Waals surface area contributed by atoms with Gasteiger partial charge in [-0.2, -0.15) is 0 Å². The Kier molecular flexibility index (Phi) is 5.60. The number of carbonyl (C=O) groups excluding carboxylic acids is 1. The van der Waals surface area contributed by atoms with Crippen LogP contribution in [0.5, 0.6) is 0 Å². The summed E-state index contributed by atoms with van der Waals surface area (Å²) in [7, 11) is 0. The summed E-state index contributed by atoms with van der Waals surface area (Å²) < 4.78 is 15.4. The Balaban J connectivity index is 1.50. The van der Waals surface area contributed by atoms with E-state index in [1.54, 1.807) is 16.8 Å². The van der Waals surface area contributed by atoms with Crippen molar-refractivity contribution in [1.82, 2.24) is 14.9 Å². The van der Waals surface area contributed by atoms with Gasteiger partial charge in [-0.1, -0.05) is 60.3 Å². The van der Waals surface area contributed by atoms with Gasteiger partial charge < -0.3 is 10.7 Å². The van der Waals surface area contributed by atoms with Crippen molar-refractivity contribution in [2.24, 2.45) is 0 Å². The molecule has 2 N–H and O–H groups in total. The van der Waals surface area contributed by atoms with Crippen molar-refractivity contribution >= 4 is 23.4 Å². The Bertz CT molecular complexity index is 1310. The van der Waals surface area contributed by atoms with Crippen LogP contribution in [-0.4, -0.2) is 26.0 Å². The molecule has 1 aliphatic heterocycles. The van der Waals surface area contributed by atoms with Gasteiger partial charge in [0.25, 0.3) is 0 Å². The van der Waals surface area contributed by atoms with Gasteiger partial charge in [0, 0.05) is 11.3 Å².